The molecule has 0 aliphatic carbocycles. The fraction of sp³-hybridized carbons (Fsp3) is 0.550. The van der Waals surface area contributed by atoms with Gasteiger partial charge in [0.25, 0.3) is 0 Å². The summed E-state index contributed by atoms with van der Waals surface area (Å²) in [5.74, 6) is -0.286. The molecule has 0 aromatic carbocycles. The van der Waals surface area contributed by atoms with Gasteiger partial charge in [-0.3, -0.25) is 4.79 Å². The standard InChI is InChI=1S/C20H28BN3O5/c1-13(25)24(17(26)27-18(2,3)4)16-12-23-11-14(9-10-15(23)22-16)21-28-19(5,6)20(7,8)29-21/h9-12H,1-8H3. The third kappa shape index (κ3) is 4.16. The molecule has 1 fully saturated rings. The first-order chi connectivity index (χ1) is 13.2. The van der Waals surface area contributed by atoms with Crippen LogP contribution in [-0.4, -0.2) is 45.3 Å². The normalized spacial score (nSPS) is 18.1. The van der Waals surface area contributed by atoms with Crippen LogP contribution in [0, 0.1) is 0 Å². The second kappa shape index (κ2) is 6.85. The van der Waals surface area contributed by atoms with Crippen molar-refractivity contribution >= 4 is 36.0 Å². The average molecular weight is 401 g/mol. The van der Waals surface area contributed by atoms with Gasteiger partial charge in [-0.05, 0) is 60.0 Å². The van der Waals surface area contributed by atoms with Crippen molar-refractivity contribution in [1.82, 2.24) is 9.38 Å². The number of imide groups is 1. The number of rotatable bonds is 2. The molecule has 0 radical (unpaired) electrons. The molecule has 3 rings (SSSR count). The van der Waals surface area contributed by atoms with Crippen molar-refractivity contribution in [2.24, 2.45) is 0 Å². The summed E-state index contributed by atoms with van der Waals surface area (Å²) in [6, 6.07) is 3.65. The van der Waals surface area contributed by atoms with Gasteiger partial charge in [0, 0.05) is 13.1 Å². The van der Waals surface area contributed by atoms with E-state index >= 15 is 0 Å². The molecule has 2 amide bonds. The van der Waals surface area contributed by atoms with Crippen LogP contribution in [0.25, 0.3) is 5.65 Å². The lowest BCUT2D eigenvalue weighted by molar-refractivity contribution is -0.116. The molecule has 0 N–H and O–H groups in total. The second-order valence-electron chi connectivity index (χ2n) is 9.25. The zero-order valence-electron chi connectivity index (χ0n) is 18.3. The highest BCUT2D eigenvalue weighted by Gasteiger charge is 2.51. The van der Waals surface area contributed by atoms with E-state index in [-0.39, 0.29) is 5.82 Å². The van der Waals surface area contributed by atoms with E-state index in [2.05, 4.69) is 4.98 Å². The van der Waals surface area contributed by atoms with Crippen molar-refractivity contribution in [1.29, 1.82) is 0 Å². The Hall–Kier alpha value is -2.39. The van der Waals surface area contributed by atoms with Crippen LogP contribution in [0.15, 0.2) is 24.5 Å². The van der Waals surface area contributed by atoms with E-state index in [1.54, 1.807) is 37.4 Å². The first-order valence-electron chi connectivity index (χ1n) is 9.58. The Bertz CT molecular complexity index is 945. The summed E-state index contributed by atoms with van der Waals surface area (Å²) in [6.45, 7) is 14.5. The molecule has 0 spiro atoms. The van der Waals surface area contributed by atoms with E-state index in [1.807, 2.05) is 40.0 Å². The maximum absolute atomic E-state index is 12.5. The monoisotopic (exact) mass is 401 g/mol. The summed E-state index contributed by atoms with van der Waals surface area (Å²) in [6.07, 6.45) is 2.66. The third-order valence-corrected chi connectivity index (χ3v) is 5.11. The second-order valence-corrected chi connectivity index (χ2v) is 9.25. The summed E-state index contributed by atoms with van der Waals surface area (Å²) in [7, 11) is -0.523. The van der Waals surface area contributed by atoms with E-state index in [9.17, 15) is 9.59 Å². The lowest BCUT2D eigenvalue weighted by Gasteiger charge is -2.32. The number of carbonyl (C=O) groups excluding carboxylic acids is 2. The Balaban J connectivity index is 1.93. The molecule has 0 unspecified atom stereocenters. The van der Waals surface area contributed by atoms with Gasteiger partial charge in [-0.1, -0.05) is 6.07 Å². The third-order valence-electron chi connectivity index (χ3n) is 5.11. The van der Waals surface area contributed by atoms with Gasteiger partial charge in [-0.15, -0.1) is 0 Å². The highest BCUT2D eigenvalue weighted by atomic mass is 16.7. The van der Waals surface area contributed by atoms with E-state index in [1.165, 1.54) is 6.92 Å². The topological polar surface area (TPSA) is 82.4 Å². The number of hydrogen-bond donors (Lipinski definition) is 0. The number of fused-ring (bicyclic) bond motifs is 1. The predicted octanol–water partition coefficient (Wildman–Crippen LogP) is 2.92. The largest absolute Gasteiger partial charge is 0.496 e. The van der Waals surface area contributed by atoms with Gasteiger partial charge in [0.2, 0.25) is 5.91 Å². The van der Waals surface area contributed by atoms with Gasteiger partial charge in [-0.25, -0.2) is 9.78 Å². The number of ether oxygens (including phenoxy) is 1. The maximum Gasteiger partial charge on any atom is 0.496 e. The lowest BCUT2D eigenvalue weighted by atomic mass is 9.80. The molecule has 156 valence electrons. The minimum absolute atomic E-state index is 0.192. The first-order valence-corrected chi connectivity index (χ1v) is 9.58. The molecule has 2 aromatic heterocycles. The van der Waals surface area contributed by atoms with Gasteiger partial charge in [0.05, 0.1) is 17.4 Å². The van der Waals surface area contributed by atoms with Crippen molar-refractivity contribution in [2.75, 3.05) is 4.90 Å². The molecule has 0 bridgehead atoms. The summed E-state index contributed by atoms with van der Waals surface area (Å²) in [4.78, 5) is 29.9. The molecule has 9 heteroatoms. The van der Waals surface area contributed by atoms with E-state index in [0.29, 0.717) is 5.65 Å². The van der Waals surface area contributed by atoms with Crippen LogP contribution in [0.2, 0.25) is 0 Å². The van der Waals surface area contributed by atoms with Crippen LogP contribution < -0.4 is 10.4 Å². The zero-order valence-corrected chi connectivity index (χ0v) is 18.3. The number of aromatic nitrogens is 2. The van der Waals surface area contributed by atoms with Crippen LogP contribution >= 0.6 is 0 Å². The van der Waals surface area contributed by atoms with Crippen molar-refractivity contribution < 1.29 is 23.6 Å². The van der Waals surface area contributed by atoms with Crippen LogP contribution in [0.4, 0.5) is 10.6 Å². The number of hydrogen-bond acceptors (Lipinski definition) is 6. The predicted molar refractivity (Wildman–Crippen MR) is 110 cm³/mol. The Morgan fingerprint density at radius 2 is 1.69 bits per heavy atom. The molecule has 2 aromatic rings. The quantitative estimate of drug-likeness (QED) is 0.720. The Morgan fingerprint density at radius 3 is 2.21 bits per heavy atom. The minimum atomic E-state index is -0.764. The number of carbonyl (C=O) groups is 2. The first kappa shape index (κ1) is 21.3. The summed E-state index contributed by atoms with van der Waals surface area (Å²) in [5, 5.41) is 0. The van der Waals surface area contributed by atoms with Crippen molar-refractivity contribution in [2.45, 2.75) is 72.2 Å². The summed E-state index contributed by atoms with van der Waals surface area (Å²) in [5.41, 5.74) is -0.237. The van der Waals surface area contributed by atoms with Gasteiger partial charge >= 0.3 is 13.2 Å². The molecule has 1 aliphatic rings. The zero-order chi connectivity index (χ0) is 21.8. The molecule has 29 heavy (non-hydrogen) atoms. The Morgan fingerprint density at radius 1 is 1.10 bits per heavy atom. The maximum atomic E-state index is 12.5. The Kier molecular flexibility index (Phi) is 5.03. The summed E-state index contributed by atoms with van der Waals surface area (Å²) < 4.78 is 19.3. The van der Waals surface area contributed by atoms with Crippen LogP contribution in [0.1, 0.15) is 55.4 Å². The van der Waals surface area contributed by atoms with Crippen molar-refractivity contribution in [3.05, 3.63) is 24.5 Å². The number of pyridine rings is 1. The Labute approximate surface area is 171 Å². The fourth-order valence-corrected chi connectivity index (χ4v) is 2.91. The molecule has 1 aliphatic heterocycles. The van der Waals surface area contributed by atoms with Crippen LogP contribution in [0.5, 0.6) is 0 Å². The van der Waals surface area contributed by atoms with Crippen LogP contribution in [-0.2, 0) is 18.8 Å². The van der Waals surface area contributed by atoms with Gasteiger partial charge in [0.15, 0.2) is 5.82 Å². The number of anilines is 1. The van der Waals surface area contributed by atoms with Crippen LogP contribution in [0.3, 0.4) is 0 Å². The molecule has 0 saturated carbocycles. The minimum Gasteiger partial charge on any atom is -0.443 e. The number of amides is 2. The molecule has 8 nitrogen and oxygen atoms in total. The summed E-state index contributed by atoms with van der Waals surface area (Å²) >= 11 is 0. The van der Waals surface area contributed by atoms with Crippen molar-refractivity contribution in [3.8, 4) is 0 Å². The molecule has 0 atom stereocenters. The van der Waals surface area contributed by atoms with E-state index < -0.39 is 35.9 Å². The molecule has 1 saturated heterocycles. The van der Waals surface area contributed by atoms with Gasteiger partial charge in [-0.2, -0.15) is 4.90 Å². The number of imidazole rings is 1. The lowest BCUT2D eigenvalue weighted by Crippen LogP contribution is -2.41. The highest BCUT2D eigenvalue weighted by molar-refractivity contribution is 6.62. The molecular formula is C20H28BN3O5. The van der Waals surface area contributed by atoms with E-state index in [4.69, 9.17) is 14.0 Å². The highest BCUT2D eigenvalue weighted by Crippen LogP contribution is 2.36. The SMILES string of the molecule is CC(=O)N(C(=O)OC(C)(C)C)c1cn2cc(B3OC(C)(C)C(C)(C)O3)ccc2n1. The smallest absolute Gasteiger partial charge is 0.443 e. The van der Waals surface area contributed by atoms with Crippen molar-refractivity contribution in [3.63, 3.8) is 0 Å². The molecule has 3 heterocycles. The van der Waals surface area contributed by atoms with Gasteiger partial charge in [0.1, 0.15) is 11.2 Å². The number of nitrogens with zero attached hydrogens (tertiary/aromatic N) is 3. The van der Waals surface area contributed by atoms with Gasteiger partial charge < -0.3 is 18.4 Å². The molecular weight excluding hydrogens is 373 g/mol. The average Bonchev–Trinajstić information content (AvgIpc) is 3.02. The fourth-order valence-electron chi connectivity index (χ4n) is 2.91. The van der Waals surface area contributed by atoms with E-state index in [0.717, 1.165) is 10.4 Å².